The molecule has 4 rings (SSSR count). The Kier molecular flexibility index (Phi) is 7.88. The first kappa shape index (κ1) is 26.0. The van der Waals surface area contributed by atoms with Gasteiger partial charge in [0.05, 0.1) is 25.7 Å². The highest BCUT2D eigenvalue weighted by molar-refractivity contribution is 5.99. The average Bonchev–Trinajstić information content (AvgIpc) is 3.11. The van der Waals surface area contributed by atoms with Crippen LogP contribution >= 0.6 is 0 Å². The first-order valence-corrected chi connectivity index (χ1v) is 12.2. The van der Waals surface area contributed by atoms with Crippen LogP contribution in [0.5, 0.6) is 5.75 Å². The number of carbonyl (C=O) groups is 2. The highest BCUT2D eigenvalue weighted by Gasteiger charge is 2.41. The van der Waals surface area contributed by atoms with Crippen LogP contribution in [-0.2, 0) is 28.8 Å². The van der Waals surface area contributed by atoms with E-state index in [1.165, 1.54) is 11.0 Å². The Bertz CT molecular complexity index is 1100. The Balaban J connectivity index is 1.64. The van der Waals surface area contributed by atoms with E-state index < -0.39 is 29.7 Å². The Morgan fingerprint density at radius 1 is 1.19 bits per heavy atom. The quantitative estimate of drug-likeness (QED) is 0.448. The standard InChI is InChI=1S/C27H31F3N2O4/c1-3-36-25(33)13-24(31-14-17-5-4-6-17)19-11-21-22(23(12-19)27(28,29)30)16-32(26(21)34)15-18-7-9-20(35-2)10-8-18/h7-12,17,24,31H,3-6,13-16H2,1-2H3. The van der Waals surface area contributed by atoms with Crippen molar-refractivity contribution in [1.82, 2.24) is 10.2 Å². The molecule has 0 saturated heterocycles. The molecule has 1 aliphatic heterocycles. The van der Waals surface area contributed by atoms with E-state index >= 15 is 0 Å². The van der Waals surface area contributed by atoms with E-state index in [2.05, 4.69) is 5.32 Å². The van der Waals surface area contributed by atoms with Crippen LogP contribution in [0.4, 0.5) is 13.2 Å². The molecule has 1 saturated carbocycles. The summed E-state index contributed by atoms with van der Waals surface area (Å²) in [4.78, 5) is 26.9. The van der Waals surface area contributed by atoms with Gasteiger partial charge < -0.3 is 19.7 Å². The van der Waals surface area contributed by atoms with E-state index in [9.17, 15) is 22.8 Å². The minimum Gasteiger partial charge on any atom is -0.497 e. The molecule has 1 atom stereocenters. The summed E-state index contributed by atoms with van der Waals surface area (Å²) in [5.74, 6) is 0.140. The van der Waals surface area contributed by atoms with E-state index in [0.29, 0.717) is 18.2 Å². The van der Waals surface area contributed by atoms with Crippen molar-refractivity contribution in [2.45, 2.75) is 57.9 Å². The van der Waals surface area contributed by atoms with E-state index in [1.807, 2.05) is 0 Å². The van der Waals surface area contributed by atoms with Gasteiger partial charge in [0, 0.05) is 24.7 Å². The van der Waals surface area contributed by atoms with Gasteiger partial charge in [0.15, 0.2) is 0 Å². The number of halogens is 3. The van der Waals surface area contributed by atoms with Gasteiger partial charge in [-0.1, -0.05) is 18.6 Å². The molecule has 1 unspecified atom stereocenters. The minimum atomic E-state index is -4.64. The van der Waals surface area contributed by atoms with Gasteiger partial charge in [0.2, 0.25) is 0 Å². The second-order valence-electron chi connectivity index (χ2n) is 9.37. The summed E-state index contributed by atoms with van der Waals surface area (Å²) < 4.78 is 52.7. The summed E-state index contributed by atoms with van der Waals surface area (Å²) in [6.07, 6.45) is -1.52. The maximum atomic E-state index is 14.2. The van der Waals surface area contributed by atoms with Crippen LogP contribution in [0.15, 0.2) is 36.4 Å². The smallest absolute Gasteiger partial charge is 0.416 e. The fraction of sp³-hybridized carbons (Fsp3) is 0.481. The maximum absolute atomic E-state index is 14.2. The lowest BCUT2D eigenvalue weighted by molar-refractivity contribution is -0.143. The molecule has 2 aromatic carbocycles. The van der Waals surface area contributed by atoms with Gasteiger partial charge >= 0.3 is 12.1 Å². The number of fused-ring (bicyclic) bond motifs is 1. The highest BCUT2D eigenvalue weighted by atomic mass is 19.4. The lowest BCUT2D eigenvalue weighted by Crippen LogP contribution is -2.32. The predicted octanol–water partition coefficient (Wildman–Crippen LogP) is 5.25. The first-order chi connectivity index (χ1) is 17.2. The van der Waals surface area contributed by atoms with E-state index in [1.54, 1.807) is 38.3 Å². The summed E-state index contributed by atoms with van der Waals surface area (Å²) in [7, 11) is 1.54. The van der Waals surface area contributed by atoms with Gasteiger partial charge in [-0.05, 0) is 73.2 Å². The third-order valence-corrected chi connectivity index (χ3v) is 6.93. The Labute approximate surface area is 208 Å². The Morgan fingerprint density at radius 2 is 1.92 bits per heavy atom. The fourth-order valence-corrected chi connectivity index (χ4v) is 4.72. The van der Waals surface area contributed by atoms with Gasteiger partial charge in [-0.3, -0.25) is 9.59 Å². The topological polar surface area (TPSA) is 67.9 Å². The van der Waals surface area contributed by atoms with Gasteiger partial charge in [-0.25, -0.2) is 0 Å². The van der Waals surface area contributed by atoms with Crippen molar-refractivity contribution in [2.75, 3.05) is 20.3 Å². The highest BCUT2D eigenvalue weighted by Crippen LogP contribution is 2.40. The molecule has 194 valence electrons. The predicted molar refractivity (Wildman–Crippen MR) is 127 cm³/mol. The number of nitrogens with one attached hydrogen (secondary N) is 1. The van der Waals surface area contributed by atoms with Crippen molar-refractivity contribution in [1.29, 1.82) is 0 Å². The van der Waals surface area contributed by atoms with E-state index in [0.717, 1.165) is 30.9 Å². The number of hydrogen-bond donors (Lipinski definition) is 1. The fourth-order valence-electron chi connectivity index (χ4n) is 4.72. The van der Waals surface area contributed by atoms with Crippen LogP contribution in [0.2, 0.25) is 0 Å². The molecule has 1 N–H and O–H groups in total. The zero-order valence-corrected chi connectivity index (χ0v) is 20.5. The monoisotopic (exact) mass is 504 g/mol. The molecule has 2 aromatic rings. The van der Waals surface area contributed by atoms with Crippen LogP contribution < -0.4 is 10.1 Å². The summed E-state index contributed by atoms with van der Waals surface area (Å²) in [6.45, 7) is 2.51. The molecular formula is C27H31F3N2O4. The lowest BCUT2D eigenvalue weighted by atomic mass is 9.85. The Morgan fingerprint density at radius 3 is 2.50 bits per heavy atom. The summed E-state index contributed by atoms with van der Waals surface area (Å²) in [5.41, 5.74) is 0.229. The molecule has 2 aliphatic rings. The number of nitrogens with zero attached hydrogens (tertiary/aromatic N) is 1. The minimum absolute atomic E-state index is 0.0290. The second-order valence-corrected chi connectivity index (χ2v) is 9.37. The van der Waals surface area contributed by atoms with Gasteiger partial charge in [0.25, 0.3) is 5.91 Å². The van der Waals surface area contributed by atoms with E-state index in [-0.39, 0.29) is 42.8 Å². The molecule has 1 fully saturated rings. The van der Waals surface area contributed by atoms with Crippen molar-refractivity contribution < 1.29 is 32.2 Å². The van der Waals surface area contributed by atoms with Crippen LogP contribution in [0, 0.1) is 5.92 Å². The zero-order valence-electron chi connectivity index (χ0n) is 20.5. The SMILES string of the molecule is CCOC(=O)CC(NCC1CCC1)c1cc2c(c(C(F)(F)F)c1)CN(Cc1ccc(OC)cc1)C2=O. The maximum Gasteiger partial charge on any atom is 0.416 e. The molecule has 0 aromatic heterocycles. The number of benzene rings is 2. The number of carbonyl (C=O) groups excluding carboxylic acids is 2. The third kappa shape index (κ3) is 5.83. The molecule has 0 spiro atoms. The third-order valence-electron chi connectivity index (χ3n) is 6.93. The molecule has 6 nitrogen and oxygen atoms in total. The Hall–Kier alpha value is -3.07. The van der Waals surface area contributed by atoms with Crippen LogP contribution in [0.3, 0.4) is 0 Å². The summed E-state index contributed by atoms with van der Waals surface area (Å²) >= 11 is 0. The molecule has 0 bridgehead atoms. The number of amides is 1. The first-order valence-electron chi connectivity index (χ1n) is 12.2. The van der Waals surface area contributed by atoms with Crippen LogP contribution in [0.1, 0.15) is 71.3 Å². The molecule has 0 radical (unpaired) electrons. The van der Waals surface area contributed by atoms with E-state index in [4.69, 9.17) is 9.47 Å². The number of esters is 1. The number of ether oxygens (including phenoxy) is 2. The normalized spacial score (nSPS) is 16.5. The molecule has 1 aliphatic carbocycles. The van der Waals surface area contributed by atoms with Gasteiger partial charge in [-0.15, -0.1) is 0 Å². The largest absolute Gasteiger partial charge is 0.497 e. The number of rotatable bonds is 10. The molecule has 9 heteroatoms. The molecule has 1 amide bonds. The number of methoxy groups -OCH3 is 1. The van der Waals surface area contributed by atoms with Crippen molar-refractivity contribution in [3.8, 4) is 5.75 Å². The number of alkyl halides is 3. The lowest BCUT2D eigenvalue weighted by Gasteiger charge is -2.29. The van der Waals surface area contributed by atoms with Crippen LogP contribution in [-0.4, -0.2) is 37.0 Å². The van der Waals surface area contributed by atoms with Crippen molar-refractivity contribution in [2.24, 2.45) is 5.92 Å². The van der Waals surface area contributed by atoms with Crippen molar-refractivity contribution in [3.05, 3.63) is 64.2 Å². The summed E-state index contributed by atoms with van der Waals surface area (Å²) in [6, 6.07) is 8.97. The molecule has 1 heterocycles. The van der Waals surface area contributed by atoms with Crippen molar-refractivity contribution in [3.63, 3.8) is 0 Å². The average molecular weight is 505 g/mol. The van der Waals surface area contributed by atoms with Gasteiger partial charge in [0.1, 0.15) is 5.75 Å². The van der Waals surface area contributed by atoms with Crippen LogP contribution in [0.25, 0.3) is 0 Å². The second kappa shape index (κ2) is 10.9. The summed E-state index contributed by atoms with van der Waals surface area (Å²) in [5, 5.41) is 3.27. The zero-order chi connectivity index (χ0) is 25.9. The number of hydrogen-bond acceptors (Lipinski definition) is 5. The van der Waals surface area contributed by atoms with Gasteiger partial charge in [-0.2, -0.15) is 13.2 Å². The van der Waals surface area contributed by atoms with Crippen molar-refractivity contribution >= 4 is 11.9 Å². The molecular weight excluding hydrogens is 473 g/mol. The molecule has 36 heavy (non-hydrogen) atoms.